The highest BCUT2D eigenvalue weighted by Crippen LogP contribution is 2.06. The van der Waals surface area contributed by atoms with Gasteiger partial charge >= 0.3 is 0 Å². The number of carbonyl (C=O) groups is 2. The molecule has 1 aliphatic rings. The van der Waals surface area contributed by atoms with Gasteiger partial charge in [-0.2, -0.15) is 5.06 Å². The van der Waals surface area contributed by atoms with Gasteiger partial charge in [-0.1, -0.05) is 13.8 Å². The molecular weight excluding hydrogens is 134 g/mol. The van der Waals surface area contributed by atoms with Crippen LogP contribution in [0.4, 0.5) is 0 Å². The molecule has 2 amide bonds. The summed E-state index contributed by atoms with van der Waals surface area (Å²) in [4.78, 5) is 20.5. The second-order valence-corrected chi connectivity index (χ2v) is 1.60. The maximum atomic E-state index is 10.2. The van der Waals surface area contributed by atoms with E-state index in [1.807, 2.05) is 13.8 Å². The lowest BCUT2D eigenvalue weighted by Crippen LogP contribution is -2.24. The van der Waals surface area contributed by atoms with E-state index >= 15 is 0 Å². The molecule has 4 heteroatoms. The fourth-order valence-corrected chi connectivity index (χ4v) is 0.565. The second-order valence-electron chi connectivity index (χ2n) is 1.60. The maximum absolute atomic E-state index is 10.2. The number of hydrogen-bond acceptors (Lipinski definition) is 3. The van der Waals surface area contributed by atoms with Crippen molar-refractivity contribution in [2.75, 3.05) is 0 Å². The first-order valence-corrected chi connectivity index (χ1v) is 3.26. The lowest BCUT2D eigenvalue weighted by Gasteiger charge is -1.98. The molecule has 0 unspecified atom stereocenters. The van der Waals surface area contributed by atoms with Gasteiger partial charge in [0.25, 0.3) is 11.8 Å². The van der Waals surface area contributed by atoms with Gasteiger partial charge < -0.3 is 0 Å². The van der Waals surface area contributed by atoms with Crippen molar-refractivity contribution in [2.45, 2.75) is 26.7 Å². The topological polar surface area (TPSA) is 57.6 Å². The van der Waals surface area contributed by atoms with Crippen LogP contribution in [0.25, 0.3) is 0 Å². The highest BCUT2D eigenvalue weighted by Gasteiger charge is 2.26. The van der Waals surface area contributed by atoms with E-state index < -0.39 is 11.8 Å². The zero-order valence-corrected chi connectivity index (χ0v) is 6.13. The molecule has 1 fully saturated rings. The first-order valence-electron chi connectivity index (χ1n) is 3.26. The van der Waals surface area contributed by atoms with Crippen molar-refractivity contribution < 1.29 is 14.8 Å². The van der Waals surface area contributed by atoms with Crippen LogP contribution < -0.4 is 0 Å². The largest absolute Gasteiger partial charge is 0.279 e. The van der Waals surface area contributed by atoms with E-state index in [0.717, 1.165) is 0 Å². The van der Waals surface area contributed by atoms with Crippen molar-refractivity contribution in [2.24, 2.45) is 0 Å². The van der Waals surface area contributed by atoms with Gasteiger partial charge in [0, 0.05) is 12.8 Å². The summed E-state index contributed by atoms with van der Waals surface area (Å²) in [5.41, 5.74) is 0. The van der Waals surface area contributed by atoms with Crippen molar-refractivity contribution in [3.05, 3.63) is 0 Å². The van der Waals surface area contributed by atoms with Crippen LogP contribution in [0.15, 0.2) is 0 Å². The fraction of sp³-hybridized carbons (Fsp3) is 0.667. The molecule has 0 spiro atoms. The smallest absolute Gasteiger partial charge is 0.253 e. The van der Waals surface area contributed by atoms with Gasteiger partial charge in [-0.25, -0.2) is 0 Å². The van der Waals surface area contributed by atoms with Gasteiger partial charge in [-0.05, 0) is 0 Å². The van der Waals surface area contributed by atoms with Crippen LogP contribution >= 0.6 is 0 Å². The third kappa shape index (κ3) is 1.80. The van der Waals surface area contributed by atoms with E-state index in [4.69, 9.17) is 5.21 Å². The molecule has 0 aromatic carbocycles. The highest BCUT2D eigenvalue weighted by molar-refractivity contribution is 6.00. The Balaban J connectivity index is 0.000000371. The average molecular weight is 145 g/mol. The van der Waals surface area contributed by atoms with Crippen LogP contribution in [0.3, 0.4) is 0 Å². The predicted molar refractivity (Wildman–Crippen MR) is 34.2 cm³/mol. The fourth-order valence-electron chi connectivity index (χ4n) is 0.565. The Kier molecular flexibility index (Phi) is 3.64. The first kappa shape index (κ1) is 9.10. The molecule has 0 atom stereocenters. The molecule has 0 bridgehead atoms. The summed E-state index contributed by atoms with van der Waals surface area (Å²) in [6.07, 6.45) is 0.296. The summed E-state index contributed by atoms with van der Waals surface area (Å²) in [5, 5.41) is 8.57. The van der Waals surface area contributed by atoms with Gasteiger partial charge in [0.1, 0.15) is 0 Å². The Labute approximate surface area is 59.4 Å². The minimum Gasteiger partial charge on any atom is -0.279 e. The van der Waals surface area contributed by atoms with Crippen LogP contribution in [-0.4, -0.2) is 22.1 Å². The third-order valence-corrected chi connectivity index (χ3v) is 1.03. The zero-order valence-electron chi connectivity index (χ0n) is 6.13. The molecule has 0 radical (unpaired) electrons. The van der Waals surface area contributed by atoms with Crippen molar-refractivity contribution in [1.29, 1.82) is 0 Å². The number of rotatable bonds is 0. The molecule has 10 heavy (non-hydrogen) atoms. The Hall–Kier alpha value is -0.900. The Morgan fingerprint density at radius 2 is 1.50 bits per heavy atom. The van der Waals surface area contributed by atoms with E-state index in [0.29, 0.717) is 0 Å². The van der Waals surface area contributed by atoms with Crippen LogP contribution in [0.2, 0.25) is 0 Å². The molecule has 1 saturated heterocycles. The van der Waals surface area contributed by atoms with E-state index in [9.17, 15) is 9.59 Å². The monoisotopic (exact) mass is 145 g/mol. The summed E-state index contributed by atoms with van der Waals surface area (Å²) in [7, 11) is 0. The minimum absolute atomic E-state index is 0.148. The summed E-state index contributed by atoms with van der Waals surface area (Å²) < 4.78 is 0. The zero-order chi connectivity index (χ0) is 8.15. The summed E-state index contributed by atoms with van der Waals surface area (Å²) in [5.74, 6) is -1.01. The third-order valence-electron chi connectivity index (χ3n) is 1.03. The minimum atomic E-state index is -0.505. The molecule has 4 nitrogen and oxygen atoms in total. The Bertz CT molecular complexity index is 128. The Morgan fingerprint density at radius 3 is 1.60 bits per heavy atom. The molecule has 1 rings (SSSR count). The molecule has 1 heterocycles. The van der Waals surface area contributed by atoms with Crippen molar-refractivity contribution in [3.8, 4) is 0 Å². The molecular formula is C6H11NO3. The molecule has 58 valence electrons. The molecule has 0 aliphatic carbocycles. The number of nitrogens with zero attached hydrogens (tertiary/aromatic N) is 1. The maximum Gasteiger partial charge on any atom is 0.253 e. The van der Waals surface area contributed by atoms with Crippen LogP contribution in [0.1, 0.15) is 26.7 Å². The lowest BCUT2D eigenvalue weighted by atomic mass is 10.4. The van der Waals surface area contributed by atoms with E-state index in [1.54, 1.807) is 0 Å². The number of hydrogen-bond donors (Lipinski definition) is 1. The second kappa shape index (κ2) is 4.00. The van der Waals surface area contributed by atoms with E-state index in [-0.39, 0.29) is 17.9 Å². The summed E-state index contributed by atoms with van der Waals surface area (Å²) in [6.45, 7) is 4.00. The SMILES string of the molecule is CC.O=C1CCC(=O)N1O. The predicted octanol–water partition coefficient (Wildman–Crippen LogP) is 0.551. The van der Waals surface area contributed by atoms with Gasteiger partial charge in [-0.15, -0.1) is 0 Å². The molecule has 1 aliphatic heterocycles. The number of hydroxylamine groups is 2. The average Bonchev–Trinajstić information content (AvgIpc) is 2.25. The number of imide groups is 1. The van der Waals surface area contributed by atoms with Crippen LogP contribution in [0, 0.1) is 0 Å². The van der Waals surface area contributed by atoms with Gasteiger partial charge in [0.15, 0.2) is 0 Å². The van der Waals surface area contributed by atoms with Crippen molar-refractivity contribution >= 4 is 11.8 Å². The van der Waals surface area contributed by atoms with E-state index in [1.165, 1.54) is 0 Å². The molecule has 0 aromatic heterocycles. The van der Waals surface area contributed by atoms with Crippen molar-refractivity contribution in [1.82, 2.24) is 5.06 Å². The van der Waals surface area contributed by atoms with Crippen molar-refractivity contribution in [3.63, 3.8) is 0 Å². The Morgan fingerprint density at radius 1 is 1.20 bits per heavy atom. The lowest BCUT2D eigenvalue weighted by molar-refractivity contribution is -0.171. The first-order chi connectivity index (χ1) is 4.72. The van der Waals surface area contributed by atoms with Gasteiger partial charge in [-0.3, -0.25) is 14.8 Å². The van der Waals surface area contributed by atoms with Gasteiger partial charge in [0.05, 0.1) is 0 Å². The molecule has 0 saturated carbocycles. The molecule has 0 aromatic rings. The normalized spacial score (nSPS) is 16.9. The number of amides is 2. The highest BCUT2D eigenvalue weighted by atomic mass is 16.5. The van der Waals surface area contributed by atoms with Gasteiger partial charge in [0.2, 0.25) is 0 Å². The summed E-state index contributed by atoms with van der Waals surface area (Å²) in [6, 6.07) is 0. The molecule has 1 N–H and O–H groups in total. The summed E-state index contributed by atoms with van der Waals surface area (Å²) >= 11 is 0. The quantitative estimate of drug-likeness (QED) is 0.400. The number of carbonyl (C=O) groups excluding carboxylic acids is 2. The standard InChI is InChI=1S/C4H5NO3.C2H6/c6-3-1-2-4(7)5(3)8;1-2/h8H,1-2H2;1-2H3. The van der Waals surface area contributed by atoms with E-state index in [2.05, 4.69) is 0 Å². The van der Waals surface area contributed by atoms with Crippen LogP contribution in [0.5, 0.6) is 0 Å². The van der Waals surface area contributed by atoms with Crippen LogP contribution in [-0.2, 0) is 9.59 Å².